The van der Waals surface area contributed by atoms with E-state index in [1.54, 1.807) is 17.1 Å². The molecule has 10 nitrogen and oxygen atoms in total. The SMILES string of the molecule is O=C(C[C@@H]1C/C=C\C[C@H](NC(=O)OCC2c3ccccc3-c3ccccc32)C(=O)OC[C@@H]2CCCN2C1=O)N[C@H](CO)Cc1ccccc1. The molecule has 0 unspecified atom stereocenters. The molecule has 3 amide bonds. The molecule has 10 heteroatoms. The molecule has 3 aromatic carbocycles. The standard InChI is InChI=1S/C39H43N3O7/c43-23-28(21-26-11-2-1-3-12-26)40-36(44)22-27-13-4-9-19-35(38(46)48-24-29-14-10-20-42(29)37(27)45)41-39(47)49-25-34-32-17-7-5-15-30(32)31-16-6-8-18-33(31)34/h1-9,11-12,15-18,27-29,34-35,43H,10,13-14,19-25H2,(H,40,44)(H,41,47)/b9-4-/t27-,28-,29-,35-/m0/s1. The third kappa shape index (κ3) is 8.20. The van der Waals surface area contributed by atoms with Crippen LogP contribution in [0, 0.1) is 5.92 Å². The van der Waals surface area contributed by atoms with Crippen LogP contribution in [0.1, 0.15) is 54.7 Å². The van der Waals surface area contributed by atoms with Gasteiger partial charge in [0.25, 0.3) is 0 Å². The number of benzene rings is 3. The number of amides is 3. The Morgan fingerprint density at radius 1 is 0.918 bits per heavy atom. The predicted octanol–water partition coefficient (Wildman–Crippen LogP) is 4.50. The Balaban J connectivity index is 1.09. The second-order valence-electron chi connectivity index (χ2n) is 13.0. The van der Waals surface area contributed by atoms with E-state index in [2.05, 4.69) is 22.8 Å². The summed E-state index contributed by atoms with van der Waals surface area (Å²) in [7, 11) is 0. The normalized spacial score (nSPS) is 22.0. The van der Waals surface area contributed by atoms with Gasteiger partial charge in [-0.3, -0.25) is 9.59 Å². The molecule has 6 rings (SSSR count). The van der Waals surface area contributed by atoms with E-state index in [-0.39, 0.29) is 62.9 Å². The Labute approximate surface area is 286 Å². The molecule has 256 valence electrons. The van der Waals surface area contributed by atoms with Crippen LogP contribution in [0.15, 0.2) is 91.0 Å². The summed E-state index contributed by atoms with van der Waals surface area (Å²) in [5.41, 5.74) is 5.41. The van der Waals surface area contributed by atoms with Gasteiger partial charge in [-0.2, -0.15) is 0 Å². The van der Waals surface area contributed by atoms with Crippen molar-refractivity contribution in [1.29, 1.82) is 0 Å². The molecule has 0 radical (unpaired) electrons. The van der Waals surface area contributed by atoms with Crippen molar-refractivity contribution in [2.24, 2.45) is 5.92 Å². The molecule has 0 saturated carbocycles. The summed E-state index contributed by atoms with van der Waals surface area (Å²) in [4.78, 5) is 54.8. The van der Waals surface area contributed by atoms with Gasteiger partial charge in [0, 0.05) is 18.9 Å². The van der Waals surface area contributed by atoms with E-state index in [0.717, 1.165) is 34.2 Å². The number of allylic oxidation sites excluding steroid dienone is 1. The van der Waals surface area contributed by atoms with Crippen LogP contribution < -0.4 is 10.6 Å². The van der Waals surface area contributed by atoms with Crippen molar-refractivity contribution in [3.8, 4) is 11.1 Å². The second-order valence-corrected chi connectivity index (χ2v) is 13.0. The van der Waals surface area contributed by atoms with Crippen molar-refractivity contribution < 1.29 is 33.8 Å². The molecule has 49 heavy (non-hydrogen) atoms. The van der Waals surface area contributed by atoms with Gasteiger partial charge in [0.1, 0.15) is 19.3 Å². The molecule has 0 aromatic heterocycles. The van der Waals surface area contributed by atoms with E-state index < -0.39 is 30.1 Å². The Kier molecular flexibility index (Phi) is 11.0. The highest BCUT2D eigenvalue weighted by atomic mass is 16.6. The Hall–Kier alpha value is -4.96. The van der Waals surface area contributed by atoms with E-state index in [0.29, 0.717) is 19.4 Å². The Morgan fingerprint density at radius 2 is 1.59 bits per heavy atom. The summed E-state index contributed by atoms with van der Waals surface area (Å²) in [5, 5.41) is 15.5. The van der Waals surface area contributed by atoms with Crippen molar-refractivity contribution in [2.75, 3.05) is 26.4 Å². The lowest BCUT2D eigenvalue weighted by molar-refractivity contribution is -0.150. The lowest BCUT2D eigenvalue weighted by atomic mass is 9.97. The number of hydrogen-bond acceptors (Lipinski definition) is 7. The average molecular weight is 666 g/mol. The van der Waals surface area contributed by atoms with Crippen LogP contribution in [-0.4, -0.2) is 78.4 Å². The smallest absolute Gasteiger partial charge is 0.407 e. The van der Waals surface area contributed by atoms with Gasteiger partial charge in [-0.1, -0.05) is 91.0 Å². The fraction of sp³-hybridized carbons (Fsp3) is 0.385. The lowest BCUT2D eigenvalue weighted by Crippen LogP contribution is -2.46. The van der Waals surface area contributed by atoms with E-state index >= 15 is 0 Å². The number of ether oxygens (including phenoxy) is 2. The number of esters is 1. The Morgan fingerprint density at radius 3 is 2.31 bits per heavy atom. The highest BCUT2D eigenvalue weighted by molar-refractivity contribution is 5.87. The van der Waals surface area contributed by atoms with Gasteiger partial charge < -0.3 is 30.1 Å². The monoisotopic (exact) mass is 665 g/mol. The zero-order valence-electron chi connectivity index (χ0n) is 27.5. The second kappa shape index (κ2) is 16.0. The largest absolute Gasteiger partial charge is 0.462 e. The molecule has 1 aliphatic carbocycles. The lowest BCUT2D eigenvalue weighted by Gasteiger charge is -2.29. The minimum absolute atomic E-state index is 0.000262. The highest BCUT2D eigenvalue weighted by Gasteiger charge is 2.36. The van der Waals surface area contributed by atoms with Crippen LogP contribution in [0.25, 0.3) is 11.1 Å². The minimum atomic E-state index is -0.984. The molecule has 2 aliphatic heterocycles. The molecule has 3 aromatic rings. The molecular weight excluding hydrogens is 622 g/mol. The first-order valence-electron chi connectivity index (χ1n) is 17.1. The van der Waals surface area contributed by atoms with Gasteiger partial charge in [0.05, 0.1) is 24.6 Å². The quantitative estimate of drug-likeness (QED) is 0.226. The van der Waals surface area contributed by atoms with Gasteiger partial charge in [0.15, 0.2) is 0 Å². The number of carbonyl (C=O) groups is 4. The zero-order chi connectivity index (χ0) is 34.2. The number of rotatable bonds is 9. The predicted molar refractivity (Wildman–Crippen MR) is 183 cm³/mol. The molecule has 4 atom stereocenters. The van der Waals surface area contributed by atoms with Gasteiger partial charge >= 0.3 is 12.1 Å². The first kappa shape index (κ1) is 33.9. The minimum Gasteiger partial charge on any atom is -0.462 e. The van der Waals surface area contributed by atoms with Crippen LogP contribution in [0.4, 0.5) is 4.79 Å². The van der Waals surface area contributed by atoms with Crippen molar-refractivity contribution >= 4 is 23.9 Å². The molecular formula is C39H43N3O7. The van der Waals surface area contributed by atoms with E-state index in [1.165, 1.54) is 0 Å². The van der Waals surface area contributed by atoms with Crippen molar-refractivity contribution in [2.45, 2.75) is 62.6 Å². The first-order chi connectivity index (χ1) is 23.9. The summed E-state index contributed by atoms with van der Waals surface area (Å²) < 4.78 is 11.3. The maximum atomic E-state index is 13.7. The van der Waals surface area contributed by atoms with Crippen molar-refractivity contribution in [3.63, 3.8) is 0 Å². The molecule has 0 spiro atoms. The summed E-state index contributed by atoms with van der Waals surface area (Å²) in [6, 6.07) is 24.0. The van der Waals surface area contributed by atoms with Crippen LogP contribution in [0.5, 0.6) is 0 Å². The summed E-state index contributed by atoms with van der Waals surface area (Å²) >= 11 is 0. The number of aliphatic hydroxyl groups excluding tert-OH is 1. The number of fused-ring (bicyclic) bond motifs is 4. The summed E-state index contributed by atoms with van der Waals surface area (Å²) in [6.45, 7) is 0.400. The number of hydrogen-bond donors (Lipinski definition) is 3. The number of aliphatic hydroxyl groups is 1. The zero-order valence-corrected chi connectivity index (χ0v) is 27.5. The highest BCUT2D eigenvalue weighted by Crippen LogP contribution is 2.44. The Bertz CT molecular complexity index is 1630. The first-order valence-corrected chi connectivity index (χ1v) is 17.1. The number of carbonyl (C=O) groups excluding carboxylic acids is 4. The van der Waals surface area contributed by atoms with Crippen LogP contribution in [-0.2, 0) is 30.3 Å². The molecule has 2 heterocycles. The third-order valence-corrected chi connectivity index (χ3v) is 9.65. The topological polar surface area (TPSA) is 134 Å². The molecule has 3 N–H and O–H groups in total. The fourth-order valence-electron chi connectivity index (χ4n) is 7.14. The van der Waals surface area contributed by atoms with E-state index in [4.69, 9.17) is 9.47 Å². The fourth-order valence-corrected chi connectivity index (χ4v) is 7.14. The van der Waals surface area contributed by atoms with Crippen LogP contribution >= 0.6 is 0 Å². The number of alkyl carbamates (subject to hydrolysis) is 1. The van der Waals surface area contributed by atoms with Crippen LogP contribution in [0.2, 0.25) is 0 Å². The summed E-state index contributed by atoms with van der Waals surface area (Å²) in [6.07, 6.45) is 5.05. The van der Waals surface area contributed by atoms with Crippen molar-refractivity contribution in [1.82, 2.24) is 15.5 Å². The summed E-state index contributed by atoms with van der Waals surface area (Å²) in [5.74, 6) is -1.81. The van der Waals surface area contributed by atoms with Crippen molar-refractivity contribution in [3.05, 3.63) is 108 Å². The van der Waals surface area contributed by atoms with Crippen LogP contribution in [0.3, 0.4) is 0 Å². The third-order valence-electron chi connectivity index (χ3n) is 9.65. The average Bonchev–Trinajstić information content (AvgIpc) is 3.72. The molecule has 3 aliphatic rings. The maximum absolute atomic E-state index is 13.7. The molecule has 0 bridgehead atoms. The molecule has 1 saturated heterocycles. The van der Waals surface area contributed by atoms with E-state index in [1.807, 2.05) is 66.7 Å². The van der Waals surface area contributed by atoms with Gasteiger partial charge in [-0.05, 0) is 59.9 Å². The maximum Gasteiger partial charge on any atom is 0.407 e. The number of nitrogens with zero attached hydrogens (tertiary/aromatic N) is 1. The van der Waals surface area contributed by atoms with E-state index in [9.17, 15) is 24.3 Å². The van der Waals surface area contributed by atoms with Gasteiger partial charge in [-0.25, -0.2) is 9.59 Å². The molecule has 1 fully saturated rings. The van der Waals surface area contributed by atoms with Gasteiger partial charge in [-0.15, -0.1) is 0 Å². The number of nitrogens with one attached hydrogen (secondary N) is 2. The van der Waals surface area contributed by atoms with Gasteiger partial charge in [0.2, 0.25) is 11.8 Å². The number of cyclic esters (lactones) is 1.